The lowest BCUT2D eigenvalue weighted by atomic mass is 9.99. The van der Waals surface area contributed by atoms with Crippen molar-refractivity contribution in [3.8, 4) is 16.9 Å². The van der Waals surface area contributed by atoms with Gasteiger partial charge in [-0.15, -0.1) is 0 Å². The van der Waals surface area contributed by atoms with E-state index in [-0.39, 0.29) is 5.63 Å². The summed E-state index contributed by atoms with van der Waals surface area (Å²) in [5, 5.41) is 0.902. The van der Waals surface area contributed by atoms with Gasteiger partial charge in [0, 0.05) is 5.39 Å². The quantitative estimate of drug-likeness (QED) is 0.676. The molecule has 0 aliphatic carbocycles. The van der Waals surface area contributed by atoms with Crippen LogP contribution in [-0.2, 0) is 0 Å². The third kappa shape index (κ3) is 2.42. The molecule has 0 saturated heterocycles. The first kappa shape index (κ1) is 13.4. The van der Waals surface area contributed by atoms with Crippen LogP contribution in [0.1, 0.15) is 12.5 Å². The minimum atomic E-state index is -0.310. The number of fused-ring (bicyclic) bond motifs is 1. The van der Waals surface area contributed by atoms with Crippen LogP contribution in [0.4, 0.5) is 0 Å². The molecule has 106 valence electrons. The first-order valence-electron chi connectivity index (χ1n) is 6.96. The van der Waals surface area contributed by atoms with E-state index in [1.54, 1.807) is 6.07 Å². The zero-order valence-corrected chi connectivity index (χ0v) is 12.1. The fraction of sp³-hybridized carbons (Fsp3) is 0.167. The Hall–Kier alpha value is -2.55. The molecule has 2 aromatic carbocycles. The van der Waals surface area contributed by atoms with Crippen molar-refractivity contribution in [2.45, 2.75) is 13.8 Å². The molecule has 3 rings (SSSR count). The first-order valence-corrected chi connectivity index (χ1v) is 6.96. The SMILES string of the molecule is CCOc1ccc2oc(=O)c(-c3ccccc3)c(C)c2c1. The monoisotopic (exact) mass is 280 g/mol. The van der Waals surface area contributed by atoms with Crippen LogP contribution >= 0.6 is 0 Å². The van der Waals surface area contributed by atoms with Gasteiger partial charge in [-0.3, -0.25) is 0 Å². The third-order valence-electron chi connectivity index (χ3n) is 3.51. The maximum absolute atomic E-state index is 12.3. The topological polar surface area (TPSA) is 39.4 Å². The Morgan fingerprint density at radius 2 is 1.86 bits per heavy atom. The van der Waals surface area contributed by atoms with E-state index in [4.69, 9.17) is 9.15 Å². The van der Waals surface area contributed by atoms with Gasteiger partial charge in [0.15, 0.2) is 0 Å². The molecule has 1 aromatic heterocycles. The van der Waals surface area contributed by atoms with Crippen LogP contribution in [0.3, 0.4) is 0 Å². The number of hydrogen-bond acceptors (Lipinski definition) is 3. The standard InChI is InChI=1S/C18H16O3/c1-3-20-14-9-10-16-15(11-14)12(2)17(18(19)21-16)13-7-5-4-6-8-13/h4-11H,3H2,1-2H3. The lowest BCUT2D eigenvalue weighted by molar-refractivity contribution is 0.340. The molecule has 0 amide bonds. The van der Waals surface area contributed by atoms with Crippen molar-refractivity contribution in [2.24, 2.45) is 0 Å². The summed E-state index contributed by atoms with van der Waals surface area (Å²) >= 11 is 0. The lowest BCUT2D eigenvalue weighted by Crippen LogP contribution is -2.06. The first-order chi connectivity index (χ1) is 10.2. The number of ether oxygens (including phenoxy) is 1. The van der Waals surface area contributed by atoms with E-state index < -0.39 is 0 Å². The third-order valence-corrected chi connectivity index (χ3v) is 3.51. The summed E-state index contributed by atoms with van der Waals surface area (Å²) in [5.74, 6) is 0.779. The average molecular weight is 280 g/mol. The Bertz CT molecular complexity index is 832. The molecule has 0 saturated carbocycles. The maximum atomic E-state index is 12.3. The Labute approximate surface area is 122 Å². The van der Waals surface area contributed by atoms with Crippen LogP contribution in [0, 0.1) is 6.92 Å². The lowest BCUT2D eigenvalue weighted by Gasteiger charge is -2.09. The second-order valence-electron chi connectivity index (χ2n) is 4.85. The highest BCUT2D eigenvalue weighted by Gasteiger charge is 2.13. The van der Waals surface area contributed by atoms with Crippen molar-refractivity contribution in [1.29, 1.82) is 0 Å². The van der Waals surface area contributed by atoms with Crippen molar-refractivity contribution in [1.82, 2.24) is 0 Å². The fourth-order valence-corrected chi connectivity index (χ4v) is 2.53. The zero-order valence-electron chi connectivity index (χ0n) is 12.1. The maximum Gasteiger partial charge on any atom is 0.344 e. The largest absolute Gasteiger partial charge is 0.494 e. The molecule has 0 radical (unpaired) electrons. The van der Waals surface area contributed by atoms with Crippen LogP contribution in [0.2, 0.25) is 0 Å². The van der Waals surface area contributed by atoms with E-state index in [0.29, 0.717) is 17.8 Å². The van der Waals surface area contributed by atoms with E-state index in [2.05, 4.69) is 0 Å². The Balaban J connectivity index is 2.28. The molecule has 1 heterocycles. The van der Waals surface area contributed by atoms with Gasteiger partial charge in [0.1, 0.15) is 11.3 Å². The van der Waals surface area contributed by atoms with Crippen molar-refractivity contribution in [3.05, 3.63) is 64.5 Å². The van der Waals surface area contributed by atoms with Crippen LogP contribution in [0.25, 0.3) is 22.1 Å². The molecule has 0 aliphatic heterocycles. The molecule has 0 spiro atoms. The molecule has 0 aliphatic rings. The summed E-state index contributed by atoms with van der Waals surface area (Å²) < 4.78 is 11.0. The minimum Gasteiger partial charge on any atom is -0.494 e. The molecular formula is C18H16O3. The Morgan fingerprint density at radius 3 is 2.57 bits per heavy atom. The zero-order chi connectivity index (χ0) is 14.8. The highest BCUT2D eigenvalue weighted by molar-refractivity contribution is 5.87. The summed E-state index contributed by atoms with van der Waals surface area (Å²) in [4.78, 5) is 12.3. The normalized spacial score (nSPS) is 10.8. The number of aryl methyl sites for hydroxylation is 1. The van der Waals surface area contributed by atoms with Gasteiger partial charge in [-0.05, 0) is 43.2 Å². The highest BCUT2D eigenvalue weighted by Crippen LogP contribution is 2.29. The molecule has 21 heavy (non-hydrogen) atoms. The van der Waals surface area contributed by atoms with Crippen LogP contribution in [0.15, 0.2) is 57.7 Å². The van der Waals surface area contributed by atoms with Gasteiger partial charge in [-0.25, -0.2) is 4.79 Å². The van der Waals surface area contributed by atoms with Crippen molar-refractivity contribution >= 4 is 11.0 Å². The summed E-state index contributed by atoms with van der Waals surface area (Å²) in [6.45, 7) is 4.49. The van der Waals surface area contributed by atoms with Crippen LogP contribution in [0.5, 0.6) is 5.75 Å². The van der Waals surface area contributed by atoms with E-state index in [1.165, 1.54) is 0 Å². The van der Waals surface area contributed by atoms with Crippen molar-refractivity contribution in [2.75, 3.05) is 6.61 Å². The smallest absolute Gasteiger partial charge is 0.344 e. The molecule has 0 atom stereocenters. The van der Waals surface area contributed by atoms with E-state index in [0.717, 1.165) is 22.3 Å². The molecule has 0 N–H and O–H groups in total. The Kier molecular flexibility index (Phi) is 3.48. The van der Waals surface area contributed by atoms with Gasteiger partial charge in [0.05, 0.1) is 12.2 Å². The van der Waals surface area contributed by atoms with Gasteiger partial charge >= 0.3 is 5.63 Å². The molecule has 0 fully saturated rings. The number of benzene rings is 2. The highest BCUT2D eigenvalue weighted by atomic mass is 16.5. The van der Waals surface area contributed by atoms with Crippen LogP contribution in [-0.4, -0.2) is 6.61 Å². The van der Waals surface area contributed by atoms with Gasteiger partial charge in [0.25, 0.3) is 0 Å². The average Bonchev–Trinajstić information content (AvgIpc) is 2.49. The van der Waals surface area contributed by atoms with Crippen molar-refractivity contribution in [3.63, 3.8) is 0 Å². The van der Waals surface area contributed by atoms with Gasteiger partial charge < -0.3 is 9.15 Å². The summed E-state index contributed by atoms with van der Waals surface area (Å²) in [6.07, 6.45) is 0. The molecule has 3 nitrogen and oxygen atoms in total. The summed E-state index contributed by atoms with van der Waals surface area (Å²) in [6, 6.07) is 15.1. The molecule has 3 heteroatoms. The predicted molar refractivity (Wildman–Crippen MR) is 83.8 cm³/mol. The summed E-state index contributed by atoms with van der Waals surface area (Å²) in [7, 11) is 0. The van der Waals surface area contributed by atoms with E-state index in [9.17, 15) is 4.79 Å². The van der Waals surface area contributed by atoms with Gasteiger partial charge in [-0.2, -0.15) is 0 Å². The Morgan fingerprint density at radius 1 is 1.10 bits per heavy atom. The summed E-state index contributed by atoms with van der Waals surface area (Å²) in [5.41, 5.74) is 2.66. The number of rotatable bonds is 3. The van der Waals surface area contributed by atoms with Crippen molar-refractivity contribution < 1.29 is 9.15 Å². The van der Waals surface area contributed by atoms with Gasteiger partial charge in [0.2, 0.25) is 0 Å². The minimum absolute atomic E-state index is 0.310. The molecule has 3 aromatic rings. The van der Waals surface area contributed by atoms with Gasteiger partial charge in [-0.1, -0.05) is 30.3 Å². The molecular weight excluding hydrogens is 264 g/mol. The molecule has 0 unspecified atom stereocenters. The van der Waals surface area contributed by atoms with E-state index >= 15 is 0 Å². The van der Waals surface area contributed by atoms with E-state index in [1.807, 2.05) is 56.3 Å². The fourth-order valence-electron chi connectivity index (χ4n) is 2.53. The second-order valence-corrected chi connectivity index (χ2v) is 4.85. The second kappa shape index (κ2) is 5.44. The predicted octanol–water partition coefficient (Wildman–Crippen LogP) is 4.17. The molecule has 0 bridgehead atoms. The number of hydrogen-bond donors (Lipinski definition) is 0. The van der Waals surface area contributed by atoms with Crippen LogP contribution < -0.4 is 10.4 Å².